The third-order valence-corrected chi connectivity index (χ3v) is 2.77. The van der Waals surface area contributed by atoms with Crippen LogP contribution < -0.4 is 5.32 Å². The summed E-state index contributed by atoms with van der Waals surface area (Å²) >= 11 is 1.37. The lowest BCUT2D eigenvalue weighted by Crippen LogP contribution is -2.49. The van der Waals surface area contributed by atoms with E-state index in [-0.39, 0.29) is 19.8 Å². The minimum Gasteiger partial charge on any atom is -0.394 e. The van der Waals surface area contributed by atoms with Crippen LogP contribution in [0.4, 0.5) is 5.13 Å². The molecular weight excluding hydrogens is 204 g/mol. The van der Waals surface area contributed by atoms with Gasteiger partial charge >= 0.3 is 0 Å². The van der Waals surface area contributed by atoms with Crippen LogP contribution in [0.3, 0.4) is 0 Å². The van der Waals surface area contributed by atoms with Crippen molar-refractivity contribution in [2.24, 2.45) is 0 Å². The fourth-order valence-electron chi connectivity index (χ4n) is 0.907. The van der Waals surface area contributed by atoms with Crippen molar-refractivity contribution >= 4 is 16.5 Å². The molecule has 5 nitrogen and oxygen atoms in total. The molecule has 0 aliphatic rings. The quantitative estimate of drug-likeness (QED) is 0.539. The SMILES string of the molecule is Cc1csc(NC(CO)(CO)CO)n1. The van der Waals surface area contributed by atoms with Gasteiger partial charge in [-0.3, -0.25) is 0 Å². The van der Waals surface area contributed by atoms with Crippen LogP contribution in [0.25, 0.3) is 0 Å². The Labute approximate surface area is 86.0 Å². The second-order valence-electron chi connectivity index (χ2n) is 3.17. The lowest BCUT2D eigenvalue weighted by atomic mass is 10.0. The summed E-state index contributed by atoms with van der Waals surface area (Å²) in [5, 5.41) is 32.4. The molecule has 0 saturated heterocycles. The highest BCUT2D eigenvalue weighted by Gasteiger charge is 2.28. The second-order valence-corrected chi connectivity index (χ2v) is 4.03. The van der Waals surface area contributed by atoms with E-state index < -0.39 is 5.54 Å². The lowest BCUT2D eigenvalue weighted by molar-refractivity contribution is 0.0833. The molecule has 1 rings (SSSR count). The number of aryl methyl sites for hydroxylation is 1. The number of hydrogen-bond acceptors (Lipinski definition) is 6. The highest BCUT2D eigenvalue weighted by molar-refractivity contribution is 7.13. The number of rotatable bonds is 5. The van der Waals surface area contributed by atoms with Crippen LogP contribution >= 0.6 is 11.3 Å². The zero-order chi connectivity index (χ0) is 10.6. The molecule has 80 valence electrons. The van der Waals surface area contributed by atoms with Crippen molar-refractivity contribution in [1.29, 1.82) is 0 Å². The molecule has 0 aliphatic heterocycles. The summed E-state index contributed by atoms with van der Waals surface area (Å²) in [6.07, 6.45) is 0. The first-order chi connectivity index (χ1) is 6.65. The third-order valence-electron chi connectivity index (χ3n) is 1.90. The van der Waals surface area contributed by atoms with Gasteiger partial charge in [-0.05, 0) is 6.92 Å². The summed E-state index contributed by atoms with van der Waals surface area (Å²) in [5.41, 5.74) is -0.232. The normalized spacial score (nSPS) is 11.7. The predicted octanol–water partition coefficient (Wildman–Crippen LogP) is -0.421. The number of aromatic nitrogens is 1. The third kappa shape index (κ3) is 2.42. The van der Waals surface area contributed by atoms with Gasteiger partial charge in [0.25, 0.3) is 0 Å². The first-order valence-corrected chi connectivity index (χ1v) is 5.06. The van der Waals surface area contributed by atoms with Crippen molar-refractivity contribution in [1.82, 2.24) is 4.98 Å². The van der Waals surface area contributed by atoms with Gasteiger partial charge in [0.1, 0.15) is 5.54 Å². The lowest BCUT2D eigenvalue weighted by Gasteiger charge is -2.28. The molecule has 14 heavy (non-hydrogen) atoms. The van der Waals surface area contributed by atoms with E-state index >= 15 is 0 Å². The monoisotopic (exact) mass is 218 g/mol. The molecule has 1 aromatic heterocycles. The summed E-state index contributed by atoms with van der Waals surface area (Å²) < 4.78 is 0. The van der Waals surface area contributed by atoms with Gasteiger partial charge < -0.3 is 20.6 Å². The Kier molecular flexibility index (Phi) is 3.82. The second kappa shape index (κ2) is 4.70. The average Bonchev–Trinajstić information content (AvgIpc) is 2.61. The Morgan fingerprint density at radius 2 is 1.93 bits per heavy atom. The van der Waals surface area contributed by atoms with Crippen LogP contribution in [0.1, 0.15) is 5.69 Å². The fourth-order valence-corrected chi connectivity index (χ4v) is 1.71. The van der Waals surface area contributed by atoms with E-state index in [0.717, 1.165) is 5.69 Å². The molecule has 0 aromatic carbocycles. The maximum atomic E-state index is 9.04. The van der Waals surface area contributed by atoms with Gasteiger partial charge in [0.05, 0.1) is 25.5 Å². The van der Waals surface area contributed by atoms with Gasteiger partial charge in [0, 0.05) is 5.38 Å². The Bertz CT molecular complexity index is 278. The van der Waals surface area contributed by atoms with Gasteiger partial charge in [-0.15, -0.1) is 11.3 Å². The molecule has 0 unspecified atom stereocenters. The highest BCUT2D eigenvalue weighted by atomic mass is 32.1. The number of nitrogens with one attached hydrogen (secondary N) is 1. The van der Waals surface area contributed by atoms with Crippen molar-refractivity contribution in [3.63, 3.8) is 0 Å². The van der Waals surface area contributed by atoms with E-state index in [4.69, 9.17) is 15.3 Å². The Morgan fingerprint density at radius 1 is 1.36 bits per heavy atom. The molecule has 0 radical (unpaired) electrons. The highest BCUT2D eigenvalue weighted by Crippen LogP contribution is 2.19. The molecule has 1 heterocycles. The first-order valence-electron chi connectivity index (χ1n) is 4.19. The zero-order valence-corrected chi connectivity index (χ0v) is 8.71. The minimum atomic E-state index is -1.09. The Morgan fingerprint density at radius 3 is 2.29 bits per heavy atom. The smallest absolute Gasteiger partial charge is 0.183 e. The van der Waals surface area contributed by atoms with E-state index in [0.29, 0.717) is 5.13 Å². The van der Waals surface area contributed by atoms with Crippen LogP contribution in [0.5, 0.6) is 0 Å². The molecule has 0 amide bonds. The first kappa shape index (κ1) is 11.4. The largest absolute Gasteiger partial charge is 0.394 e. The number of thiazole rings is 1. The van der Waals surface area contributed by atoms with E-state index in [1.807, 2.05) is 12.3 Å². The summed E-state index contributed by atoms with van der Waals surface area (Å²) in [4.78, 5) is 4.11. The predicted molar refractivity (Wildman–Crippen MR) is 54.5 cm³/mol. The van der Waals surface area contributed by atoms with Crippen molar-refractivity contribution in [3.05, 3.63) is 11.1 Å². The Hall–Kier alpha value is -0.690. The minimum absolute atomic E-state index is 0.349. The van der Waals surface area contributed by atoms with Gasteiger partial charge in [0.15, 0.2) is 5.13 Å². The number of anilines is 1. The van der Waals surface area contributed by atoms with Crippen LogP contribution in [0, 0.1) is 6.92 Å². The summed E-state index contributed by atoms with van der Waals surface area (Å²) in [7, 11) is 0. The molecule has 0 saturated carbocycles. The maximum Gasteiger partial charge on any atom is 0.183 e. The van der Waals surface area contributed by atoms with Gasteiger partial charge in [-0.25, -0.2) is 4.98 Å². The summed E-state index contributed by atoms with van der Waals surface area (Å²) in [6, 6.07) is 0. The maximum absolute atomic E-state index is 9.04. The van der Waals surface area contributed by atoms with E-state index in [1.54, 1.807) is 0 Å². The van der Waals surface area contributed by atoms with Crippen LogP contribution in [0.15, 0.2) is 5.38 Å². The fraction of sp³-hybridized carbons (Fsp3) is 0.625. The van der Waals surface area contributed by atoms with E-state index in [2.05, 4.69) is 10.3 Å². The molecule has 0 bridgehead atoms. The van der Waals surface area contributed by atoms with Crippen LogP contribution in [-0.4, -0.2) is 45.7 Å². The molecule has 0 aliphatic carbocycles. The standard InChI is InChI=1S/C8H14N2O3S/c1-6-2-14-7(9-6)10-8(3-11,4-12)5-13/h2,11-13H,3-5H2,1H3,(H,9,10). The van der Waals surface area contributed by atoms with Crippen molar-refractivity contribution in [2.45, 2.75) is 12.5 Å². The van der Waals surface area contributed by atoms with E-state index in [1.165, 1.54) is 11.3 Å². The summed E-state index contributed by atoms with van der Waals surface area (Å²) in [6.45, 7) is 0.802. The average molecular weight is 218 g/mol. The van der Waals surface area contributed by atoms with Crippen molar-refractivity contribution < 1.29 is 15.3 Å². The zero-order valence-electron chi connectivity index (χ0n) is 7.90. The van der Waals surface area contributed by atoms with Gasteiger partial charge in [-0.1, -0.05) is 0 Å². The molecule has 0 atom stereocenters. The molecule has 0 spiro atoms. The van der Waals surface area contributed by atoms with Crippen LogP contribution in [0.2, 0.25) is 0 Å². The number of hydrogen-bond donors (Lipinski definition) is 4. The topological polar surface area (TPSA) is 85.6 Å². The van der Waals surface area contributed by atoms with Gasteiger partial charge in [0.2, 0.25) is 0 Å². The van der Waals surface area contributed by atoms with Crippen molar-refractivity contribution in [3.8, 4) is 0 Å². The molecule has 6 heteroatoms. The van der Waals surface area contributed by atoms with Crippen LogP contribution in [-0.2, 0) is 0 Å². The number of nitrogens with zero attached hydrogens (tertiary/aromatic N) is 1. The Balaban J connectivity index is 2.73. The molecular formula is C8H14N2O3S. The molecule has 0 fully saturated rings. The molecule has 4 N–H and O–H groups in total. The molecule has 1 aromatic rings. The summed E-state index contributed by atoms with van der Waals surface area (Å²) in [5.74, 6) is 0. The van der Waals surface area contributed by atoms with Gasteiger partial charge in [-0.2, -0.15) is 0 Å². The van der Waals surface area contributed by atoms with Crippen molar-refractivity contribution in [2.75, 3.05) is 25.1 Å². The number of aliphatic hydroxyl groups excluding tert-OH is 3. The number of aliphatic hydroxyl groups is 3. The van der Waals surface area contributed by atoms with E-state index in [9.17, 15) is 0 Å².